The SMILES string of the molecule is OC[C@H]1CCCN1Cc1csc(COc2ccc(Cl)cc2)n1. The van der Waals surface area contributed by atoms with Crippen LogP contribution in [0, 0.1) is 0 Å². The van der Waals surface area contributed by atoms with E-state index in [1.54, 1.807) is 11.3 Å². The molecule has 118 valence electrons. The lowest BCUT2D eigenvalue weighted by Crippen LogP contribution is -2.31. The summed E-state index contributed by atoms with van der Waals surface area (Å²) in [6.45, 7) is 2.55. The van der Waals surface area contributed by atoms with Gasteiger partial charge in [0.25, 0.3) is 0 Å². The van der Waals surface area contributed by atoms with Crippen LogP contribution in [0.4, 0.5) is 0 Å². The average molecular weight is 339 g/mol. The van der Waals surface area contributed by atoms with Crippen LogP contribution >= 0.6 is 22.9 Å². The molecule has 2 aromatic rings. The Morgan fingerprint density at radius 3 is 2.95 bits per heavy atom. The quantitative estimate of drug-likeness (QED) is 0.877. The summed E-state index contributed by atoms with van der Waals surface area (Å²) in [6, 6.07) is 7.62. The number of hydrogen-bond acceptors (Lipinski definition) is 5. The molecule has 3 rings (SSSR count). The highest BCUT2D eigenvalue weighted by Crippen LogP contribution is 2.22. The molecule has 0 aliphatic carbocycles. The zero-order valence-corrected chi connectivity index (χ0v) is 13.8. The topological polar surface area (TPSA) is 45.6 Å². The summed E-state index contributed by atoms with van der Waals surface area (Å²) in [5.41, 5.74) is 1.06. The molecular weight excluding hydrogens is 320 g/mol. The molecule has 2 heterocycles. The number of aliphatic hydroxyl groups excluding tert-OH is 1. The molecule has 0 bridgehead atoms. The molecule has 1 fully saturated rings. The maximum absolute atomic E-state index is 9.36. The van der Waals surface area contributed by atoms with Crippen LogP contribution in [0.5, 0.6) is 5.75 Å². The molecule has 1 aromatic heterocycles. The third kappa shape index (κ3) is 3.98. The Labute approximate surface area is 139 Å². The van der Waals surface area contributed by atoms with Crippen LogP contribution in [0.2, 0.25) is 5.02 Å². The van der Waals surface area contributed by atoms with Crippen molar-refractivity contribution in [1.82, 2.24) is 9.88 Å². The number of ether oxygens (including phenoxy) is 1. The van der Waals surface area contributed by atoms with Crippen molar-refractivity contribution in [1.29, 1.82) is 0 Å². The number of aromatic nitrogens is 1. The van der Waals surface area contributed by atoms with Gasteiger partial charge in [-0.2, -0.15) is 0 Å². The van der Waals surface area contributed by atoms with Gasteiger partial charge in [0.05, 0.1) is 12.3 Å². The molecule has 0 spiro atoms. The summed E-state index contributed by atoms with van der Waals surface area (Å²) in [7, 11) is 0. The Bertz CT molecular complexity index is 602. The van der Waals surface area contributed by atoms with E-state index in [-0.39, 0.29) is 12.6 Å². The maximum atomic E-state index is 9.36. The average Bonchev–Trinajstić information content (AvgIpc) is 3.16. The second-order valence-corrected chi connectivity index (χ2v) is 6.80. The minimum atomic E-state index is 0.233. The predicted octanol–water partition coefficient (Wildman–Crippen LogP) is 3.33. The Hall–Kier alpha value is -1.14. The molecule has 4 nitrogen and oxygen atoms in total. The first-order valence-electron chi connectivity index (χ1n) is 7.41. The van der Waals surface area contributed by atoms with E-state index in [9.17, 15) is 5.11 Å². The van der Waals surface area contributed by atoms with Crippen LogP contribution in [0.1, 0.15) is 23.5 Å². The molecule has 22 heavy (non-hydrogen) atoms. The van der Waals surface area contributed by atoms with Gasteiger partial charge >= 0.3 is 0 Å². The largest absolute Gasteiger partial charge is 0.486 e. The van der Waals surface area contributed by atoms with E-state index in [1.165, 1.54) is 0 Å². The van der Waals surface area contributed by atoms with Gasteiger partial charge in [-0.3, -0.25) is 4.90 Å². The lowest BCUT2D eigenvalue weighted by atomic mass is 10.2. The zero-order chi connectivity index (χ0) is 15.4. The van der Waals surface area contributed by atoms with Gasteiger partial charge in [0.1, 0.15) is 17.4 Å². The minimum absolute atomic E-state index is 0.233. The van der Waals surface area contributed by atoms with Crippen molar-refractivity contribution in [2.75, 3.05) is 13.2 Å². The van der Waals surface area contributed by atoms with Gasteiger partial charge in [-0.15, -0.1) is 11.3 Å². The van der Waals surface area contributed by atoms with E-state index in [1.807, 2.05) is 24.3 Å². The Morgan fingerprint density at radius 2 is 2.18 bits per heavy atom. The van der Waals surface area contributed by atoms with Crippen molar-refractivity contribution in [2.45, 2.75) is 32.0 Å². The van der Waals surface area contributed by atoms with Crippen LogP contribution < -0.4 is 4.74 Å². The van der Waals surface area contributed by atoms with E-state index < -0.39 is 0 Å². The highest BCUT2D eigenvalue weighted by atomic mass is 35.5. The van der Waals surface area contributed by atoms with Crippen LogP contribution in [-0.4, -0.2) is 34.2 Å². The van der Waals surface area contributed by atoms with Gasteiger partial charge in [0.2, 0.25) is 0 Å². The zero-order valence-electron chi connectivity index (χ0n) is 12.2. The van der Waals surface area contributed by atoms with Crippen molar-refractivity contribution in [3.63, 3.8) is 0 Å². The lowest BCUT2D eigenvalue weighted by Gasteiger charge is -2.21. The maximum Gasteiger partial charge on any atom is 0.140 e. The van der Waals surface area contributed by atoms with Crippen LogP contribution in [0.25, 0.3) is 0 Å². The van der Waals surface area contributed by atoms with Crippen molar-refractivity contribution < 1.29 is 9.84 Å². The number of halogens is 1. The summed E-state index contributed by atoms with van der Waals surface area (Å²) in [6.07, 6.45) is 2.23. The monoisotopic (exact) mass is 338 g/mol. The summed E-state index contributed by atoms with van der Waals surface area (Å²) in [4.78, 5) is 6.92. The molecule has 0 amide bonds. The first kappa shape index (κ1) is 15.7. The molecule has 1 atom stereocenters. The van der Waals surface area contributed by atoms with E-state index in [0.29, 0.717) is 11.6 Å². The van der Waals surface area contributed by atoms with E-state index in [2.05, 4.69) is 15.3 Å². The highest BCUT2D eigenvalue weighted by Gasteiger charge is 2.24. The smallest absolute Gasteiger partial charge is 0.140 e. The first-order valence-corrected chi connectivity index (χ1v) is 8.67. The fourth-order valence-corrected chi connectivity index (χ4v) is 3.50. The van der Waals surface area contributed by atoms with Crippen molar-refractivity contribution in [3.8, 4) is 5.75 Å². The van der Waals surface area contributed by atoms with Crippen molar-refractivity contribution >= 4 is 22.9 Å². The third-order valence-electron chi connectivity index (χ3n) is 3.85. The van der Waals surface area contributed by atoms with Gasteiger partial charge in [-0.1, -0.05) is 11.6 Å². The molecular formula is C16H19ClN2O2S. The van der Waals surface area contributed by atoms with Gasteiger partial charge in [-0.05, 0) is 43.7 Å². The third-order valence-corrected chi connectivity index (χ3v) is 4.97. The number of nitrogens with zero attached hydrogens (tertiary/aromatic N) is 2. The summed E-state index contributed by atoms with van der Waals surface area (Å²) in [5.74, 6) is 0.793. The van der Waals surface area contributed by atoms with Gasteiger partial charge < -0.3 is 9.84 Å². The number of thiazole rings is 1. The number of hydrogen-bond donors (Lipinski definition) is 1. The van der Waals surface area contributed by atoms with E-state index in [0.717, 1.165) is 42.4 Å². The predicted molar refractivity (Wildman–Crippen MR) is 88.4 cm³/mol. The summed E-state index contributed by atoms with van der Waals surface area (Å²) in [5, 5.41) is 13.1. The van der Waals surface area contributed by atoms with Crippen LogP contribution in [0.15, 0.2) is 29.6 Å². The van der Waals surface area contributed by atoms with E-state index in [4.69, 9.17) is 16.3 Å². The molecule has 0 saturated carbocycles. The first-order chi connectivity index (χ1) is 10.7. The summed E-state index contributed by atoms with van der Waals surface area (Å²) < 4.78 is 5.71. The van der Waals surface area contributed by atoms with E-state index >= 15 is 0 Å². The fraction of sp³-hybridized carbons (Fsp3) is 0.438. The van der Waals surface area contributed by atoms with Crippen LogP contribution in [0.3, 0.4) is 0 Å². The molecule has 1 saturated heterocycles. The van der Waals surface area contributed by atoms with Crippen molar-refractivity contribution in [2.24, 2.45) is 0 Å². The highest BCUT2D eigenvalue weighted by molar-refractivity contribution is 7.09. The number of rotatable bonds is 6. The number of aliphatic hydroxyl groups is 1. The molecule has 0 unspecified atom stereocenters. The Morgan fingerprint density at radius 1 is 1.36 bits per heavy atom. The number of benzene rings is 1. The standard InChI is InChI=1S/C16H19ClN2O2S/c17-12-3-5-15(6-4-12)21-10-16-18-13(11-22-16)8-19-7-1-2-14(19)9-20/h3-6,11,14,20H,1-2,7-10H2/t14-/m1/s1. The molecule has 1 aliphatic heterocycles. The van der Waals surface area contributed by atoms with Gasteiger partial charge in [-0.25, -0.2) is 4.98 Å². The van der Waals surface area contributed by atoms with Crippen LogP contribution in [-0.2, 0) is 13.2 Å². The fourth-order valence-electron chi connectivity index (χ4n) is 2.68. The second kappa shape index (κ2) is 7.42. The Balaban J connectivity index is 1.53. The minimum Gasteiger partial charge on any atom is -0.486 e. The molecule has 6 heteroatoms. The molecule has 0 radical (unpaired) electrons. The number of likely N-dealkylation sites (tertiary alicyclic amines) is 1. The normalized spacial score (nSPS) is 18.7. The van der Waals surface area contributed by atoms with Gasteiger partial charge in [0, 0.05) is 23.0 Å². The second-order valence-electron chi connectivity index (χ2n) is 5.42. The Kier molecular flexibility index (Phi) is 5.31. The summed E-state index contributed by atoms with van der Waals surface area (Å²) >= 11 is 7.46. The molecule has 1 N–H and O–H groups in total. The van der Waals surface area contributed by atoms with Gasteiger partial charge in [0.15, 0.2) is 0 Å². The lowest BCUT2D eigenvalue weighted by molar-refractivity contribution is 0.152. The molecule has 1 aliphatic rings. The molecule has 1 aromatic carbocycles. The van der Waals surface area contributed by atoms with Crippen molar-refractivity contribution in [3.05, 3.63) is 45.4 Å².